The SMILES string of the molecule is S=c1[nH]ncn1/N=C\c1cn(Cc2ccccc2)nc1-c1ccc(Cl)cc1. The second-order valence-corrected chi connectivity index (χ2v) is 6.70. The third-order valence-corrected chi connectivity index (χ3v) is 4.48. The first-order chi connectivity index (χ1) is 13.2. The van der Waals surface area contributed by atoms with Crippen molar-refractivity contribution in [3.05, 3.63) is 88.0 Å². The molecule has 6 nitrogen and oxygen atoms in total. The van der Waals surface area contributed by atoms with Crippen LogP contribution in [0.4, 0.5) is 0 Å². The van der Waals surface area contributed by atoms with Gasteiger partial charge in [-0.3, -0.25) is 9.78 Å². The molecule has 8 heteroatoms. The van der Waals surface area contributed by atoms with Gasteiger partial charge >= 0.3 is 0 Å². The van der Waals surface area contributed by atoms with Crippen LogP contribution in [0.25, 0.3) is 11.3 Å². The van der Waals surface area contributed by atoms with E-state index in [0.717, 1.165) is 16.8 Å². The summed E-state index contributed by atoms with van der Waals surface area (Å²) in [5.41, 5.74) is 3.82. The lowest BCUT2D eigenvalue weighted by molar-refractivity contribution is 0.689. The molecule has 2 aromatic carbocycles. The summed E-state index contributed by atoms with van der Waals surface area (Å²) in [6.45, 7) is 0.667. The minimum absolute atomic E-state index is 0.427. The van der Waals surface area contributed by atoms with Crippen molar-refractivity contribution in [2.45, 2.75) is 6.54 Å². The normalized spacial score (nSPS) is 11.3. The molecule has 0 spiro atoms. The molecule has 0 aliphatic rings. The highest BCUT2D eigenvalue weighted by Crippen LogP contribution is 2.23. The molecule has 27 heavy (non-hydrogen) atoms. The zero-order valence-electron chi connectivity index (χ0n) is 14.2. The van der Waals surface area contributed by atoms with Crippen molar-refractivity contribution in [1.82, 2.24) is 24.7 Å². The van der Waals surface area contributed by atoms with Gasteiger partial charge in [0.05, 0.1) is 12.8 Å². The molecule has 0 saturated carbocycles. The van der Waals surface area contributed by atoms with Crippen molar-refractivity contribution in [1.29, 1.82) is 0 Å². The van der Waals surface area contributed by atoms with Crippen LogP contribution in [0.5, 0.6) is 0 Å². The lowest BCUT2D eigenvalue weighted by atomic mass is 10.1. The maximum Gasteiger partial charge on any atom is 0.216 e. The van der Waals surface area contributed by atoms with Gasteiger partial charge in [-0.2, -0.15) is 20.0 Å². The highest BCUT2D eigenvalue weighted by Gasteiger charge is 2.10. The number of rotatable bonds is 5. The summed E-state index contributed by atoms with van der Waals surface area (Å²) in [6.07, 6.45) is 5.21. The molecule has 0 aliphatic heterocycles. The molecular weight excluding hydrogens is 380 g/mol. The van der Waals surface area contributed by atoms with E-state index in [-0.39, 0.29) is 0 Å². The number of benzene rings is 2. The molecule has 2 aromatic heterocycles. The quantitative estimate of drug-likeness (QED) is 0.403. The first-order valence-electron chi connectivity index (χ1n) is 8.23. The summed E-state index contributed by atoms with van der Waals surface area (Å²) in [6, 6.07) is 17.8. The molecule has 2 heterocycles. The van der Waals surface area contributed by atoms with Crippen molar-refractivity contribution in [2.24, 2.45) is 5.10 Å². The summed E-state index contributed by atoms with van der Waals surface area (Å²) in [5, 5.41) is 16.4. The van der Waals surface area contributed by atoms with Gasteiger partial charge in [0, 0.05) is 22.3 Å². The highest BCUT2D eigenvalue weighted by atomic mass is 35.5. The number of H-pyrrole nitrogens is 1. The van der Waals surface area contributed by atoms with Crippen LogP contribution in [-0.2, 0) is 6.54 Å². The molecule has 0 saturated heterocycles. The fourth-order valence-corrected chi connectivity index (χ4v) is 2.94. The van der Waals surface area contributed by atoms with Gasteiger partial charge in [0.1, 0.15) is 12.0 Å². The number of aromatic nitrogens is 5. The van der Waals surface area contributed by atoms with Crippen molar-refractivity contribution >= 4 is 30.0 Å². The van der Waals surface area contributed by atoms with E-state index in [2.05, 4.69) is 27.4 Å². The molecule has 0 unspecified atom stereocenters. The van der Waals surface area contributed by atoms with Crippen LogP contribution in [0, 0.1) is 4.77 Å². The Morgan fingerprint density at radius 1 is 1.11 bits per heavy atom. The van der Waals surface area contributed by atoms with Crippen molar-refractivity contribution < 1.29 is 0 Å². The molecule has 0 atom stereocenters. The molecule has 0 bridgehead atoms. The van der Waals surface area contributed by atoms with Crippen LogP contribution >= 0.6 is 23.8 Å². The summed E-state index contributed by atoms with van der Waals surface area (Å²) in [4.78, 5) is 0. The number of aromatic amines is 1. The smallest absolute Gasteiger partial charge is 0.216 e. The molecular formula is C19H15ClN6S. The topological polar surface area (TPSA) is 63.8 Å². The average molecular weight is 395 g/mol. The fourth-order valence-electron chi connectivity index (χ4n) is 2.66. The maximum absolute atomic E-state index is 6.02. The Morgan fingerprint density at radius 3 is 2.59 bits per heavy atom. The number of halogens is 1. The maximum atomic E-state index is 6.02. The highest BCUT2D eigenvalue weighted by molar-refractivity contribution is 7.71. The van der Waals surface area contributed by atoms with E-state index >= 15 is 0 Å². The van der Waals surface area contributed by atoms with Crippen LogP contribution in [-0.4, -0.2) is 30.9 Å². The van der Waals surface area contributed by atoms with Gasteiger partial charge < -0.3 is 0 Å². The zero-order chi connectivity index (χ0) is 18.6. The Hall–Kier alpha value is -3.03. The van der Waals surface area contributed by atoms with Gasteiger partial charge in [-0.25, -0.2) is 0 Å². The van der Waals surface area contributed by atoms with E-state index in [1.54, 1.807) is 6.21 Å². The summed E-state index contributed by atoms with van der Waals surface area (Å²) < 4.78 is 3.82. The Bertz CT molecular complexity index is 1120. The number of nitrogens with one attached hydrogen (secondary N) is 1. The number of hydrogen-bond donors (Lipinski definition) is 1. The second kappa shape index (κ2) is 7.69. The Labute approximate surface area is 165 Å². The molecule has 0 amide bonds. The lowest BCUT2D eigenvalue weighted by Gasteiger charge is -2.01. The van der Waals surface area contributed by atoms with E-state index in [1.807, 2.05) is 53.3 Å². The van der Waals surface area contributed by atoms with Gasteiger partial charge in [-0.05, 0) is 29.9 Å². The van der Waals surface area contributed by atoms with E-state index in [9.17, 15) is 0 Å². The number of hydrogen-bond acceptors (Lipinski definition) is 4. The van der Waals surface area contributed by atoms with Crippen molar-refractivity contribution in [3.8, 4) is 11.3 Å². The van der Waals surface area contributed by atoms with Crippen molar-refractivity contribution in [3.63, 3.8) is 0 Å². The van der Waals surface area contributed by atoms with Gasteiger partial charge in [-0.15, -0.1) is 0 Å². The summed E-state index contributed by atoms with van der Waals surface area (Å²) >= 11 is 11.1. The summed E-state index contributed by atoms with van der Waals surface area (Å²) in [5.74, 6) is 0. The molecule has 0 fully saturated rings. The molecule has 0 radical (unpaired) electrons. The van der Waals surface area contributed by atoms with Gasteiger partial charge in [0.15, 0.2) is 0 Å². The average Bonchev–Trinajstić information content (AvgIpc) is 3.27. The first kappa shape index (κ1) is 17.4. The molecule has 4 rings (SSSR count). The lowest BCUT2D eigenvalue weighted by Crippen LogP contribution is -2.00. The Balaban J connectivity index is 1.72. The predicted molar refractivity (Wildman–Crippen MR) is 109 cm³/mol. The van der Waals surface area contributed by atoms with Crippen LogP contribution in [0.15, 0.2) is 72.2 Å². The molecule has 134 valence electrons. The second-order valence-electron chi connectivity index (χ2n) is 5.87. The summed E-state index contributed by atoms with van der Waals surface area (Å²) in [7, 11) is 0. The third kappa shape index (κ3) is 4.05. The van der Waals surface area contributed by atoms with E-state index in [0.29, 0.717) is 16.3 Å². The minimum atomic E-state index is 0.427. The number of nitrogens with zero attached hydrogens (tertiary/aromatic N) is 5. The molecule has 1 N–H and O–H groups in total. The zero-order valence-corrected chi connectivity index (χ0v) is 15.7. The minimum Gasteiger partial charge on any atom is -0.267 e. The molecule has 4 aromatic rings. The van der Waals surface area contributed by atoms with Gasteiger partial charge in [0.25, 0.3) is 0 Å². The van der Waals surface area contributed by atoms with E-state index in [4.69, 9.17) is 28.9 Å². The standard InChI is InChI=1S/C19H15ClN6S/c20-17-8-6-15(7-9-17)18-16(10-22-26-13-21-23-19(26)27)12-25(24-18)11-14-4-2-1-3-5-14/h1-10,12-13H,11H2,(H,23,27)/b22-10-. The van der Waals surface area contributed by atoms with Gasteiger partial charge in [-0.1, -0.05) is 54.1 Å². The largest absolute Gasteiger partial charge is 0.267 e. The predicted octanol–water partition coefficient (Wildman–Crippen LogP) is 4.39. The monoisotopic (exact) mass is 394 g/mol. The van der Waals surface area contributed by atoms with Crippen LogP contribution < -0.4 is 0 Å². The van der Waals surface area contributed by atoms with E-state index < -0.39 is 0 Å². The van der Waals surface area contributed by atoms with E-state index in [1.165, 1.54) is 16.6 Å². The Morgan fingerprint density at radius 2 is 1.89 bits per heavy atom. The van der Waals surface area contributed by atoms with Crippen LogP contribution in [0.3, 0.4) is 0 Å². The van der Waals surface area contributed by atoms with Crippen LogP contribution in [0.1, 0.15) is 11.1 Å². The first-order valence-corrected chi connectivity index (χ1v) is 9.01. The Kier molecular flexibility index (Phi) is 4.95. The van der Waals surface area contributed by atoms with Crippen molar-refractivity contribution in [2.75, 3.05) is 0 Å². The van der Waals surface area contributed by atoms with Crippen LogP contribution in [0.2, 0.25) is 5.02 Å². The fraction of sp³-hybridized carbons (Fsp3) is 0.0526. The van der Waals surface area contributed by atoms with Gasteiger partial charge in [0.2, 0.25) is 4.77 Å². The molecule has 0 aliphatic carbocycles. The third-order valence-electron chi connectivity index (χ3n) is 3.95.